The largest absolute Gasteiger partial charge is 0.491 e. The van der Waals surface area contributed by atoms with E-state index in [2.05, 4.69) is 15.3 Å². The monoisotopic (exact) mass is 601 g/mol. The van der Waals surface area contributed by atoms with Crippen LogP contribution in [0, 0.1) is 0 Å². The lowest BCUT2D eigenvalue weighted by molar-refractivity contribution is 0.102. The number of ether oxygens (including phenoxy) is 2. The lowest BCUT2D eigenvalue weighted by Gasteiger charge is -2.14. The zero-order chi connectivity index (χ0) is 25.8. The van der Waals surface area contributed by atoms with Gasteiger partial charge < -0.3 is 24.6 Å². The normalized spacial score (nSPS) is 11.5. The minimum atomic E-state index is -4.29. The molecule has 3 N–H and O–H groups in total. The van der Waals surface area contributed by atoms with E-state index in [4.69, 9.17) is 19.3 Å². The number of anilines is 1. The number of nitrogens with zero attached hydrogens (tertiary/aromatic N) is 2. The fourth-order valence-electron chi connectivity index (χ4n) is 2.89. The molecule has 0 fully saturated rings. The van der Waals surface area contributed by atoms with Crippen LogP contribution in [0.1, 0.15) is 29.9 Å². The number of amides is 1. The van der Waals surface area contributed by atoms with Gasteiger partial charge in [-0.25, -0.2) is 13.4 Å². The van der Waals surface area contributed by atoms with E-state index in [0.717, 1.165) is 6.26 Å². The molecule has 0 aliphatic heterocycles. The first-order valence-corrected chi connectivity index (χ1v) is 13.9. The smallest absolute Gasteiger partial charge is 0.331 e. The van der Waals surface area contributed by atoms with Crippen LogP contribution in [0.2, 0.25) is 0 Å². The van der Waals surface area contributed by atoms with E-state index in [0.29, 0.717) is 11.5 Å². The second-order valence-electron chi connectivity index (χ2n) is 7.88. The van der Waals surface area contributed by atoms with Crippen molar-refractivity contribution < 1.29 is 37.0 Å². The van der Waals surface area contributed by atoms with Gasteiger partial charge in [-0.15, -0.1) is 17.0 Å². The predicted octanol–water partition coefficient (Wildman–Crippen LogP) is 3.97. The molecule has 0 atom stereocenters. The fraction of sp³-hybridized carbons (Fsp3) is 0.227. The first-order chi connectivity index (χ1) is 16.3. The Hall–Kier alpha value is -2.83. The highest BCUT2D eigenvalue weighted by atomic mass is 79.9. The Bertz CT molecular complexity index is 1360. The van der Waals surface area contributed by atoms with Crippen molar-refractivity contribution in [2.24, 2.45) is 0 Å². The van der Waals surface area contributed by atoms with E-state index in [-0.39, 0.29) is 50.8 Å². The van der Waals surface area contributed by atoms with E-state index >= 15 is 0 Å². The van der Waals surface area contributed by atoms with Crippen molar-refractivity contribution in [2.45, 2.75) is 31.0 Å². The van der Waals surface area contributed by atoms with Crippen LogP contribution < -0.4 is 14.8 Å². The van der Waals surface area contributed by atoms with E-state index < -0.39 is 29.5 Å². The highest BCUT2D eigenvalue weighted by molar-refractivity contribution is 8.93. The van der Waals surface area contributed by atoms with Crippen LogP contribution in [0.3, 0.4) is 0 Å². The summed E-state index contributed by atoms with van der Waals surface area (Å²) in [6, 6.07) is 10.4. The lowest BCUT2D eigenvalue weighted by Crippen LogP contribution is -2.14. The van der Waals surface area contributed by atoms with E-state index in [1.54, 1.807) is 6.07 Å². The van der Waals surface area contributed by atoms with Crippen molar-refractivity contribution in [3.63, 3.8) is 0 Å². The minimum Gasteiger partial charge on any atom is -0.491 e. The molecule has 1 amide bonds. The number of halogens is 1. The van der Waals surface area contributed by atoms with Crippen molar-refractivity contribution in [1.29, 1.82) is 0 Å². The summed E-state index contributed by atoms with van der Waals surface area (Å²) in [5.41, 5.74) is 0.272. The zero-order valence-corrected chi connectivity index (χ0v) is 22.9. The number of rotatable bonds is 9. The first-order valence-electron chi connectivity index (χ1n) is 10.2. The third kappa shape index (κ3) is 8.99. The fourth-order valence-corrected chi connectivity index (χ4v) is 4.11. The first kappa shape index (κ1) is 29.4. The molecule has 2 aromatic carbocycles. The number of hydrogen-bond acceptors (Lipinski definition) is 8. The van der Waals surface area contributed by atoms with Crippen molar-refractivity contribution in [3.8, 4) is 17.2 Å². The van der Waals surface area contributed by atoms with E-state index in [9.17, 15) is 17.8 Å². The molecule has 194 valence electrons. The minimum absolute atomic E-state index is 0. The Kier molecular flexibility index (Phi) is 9.75. The second-order valence-corrected chi connectivity index (χ2v) is 11.5. The summed E-state index contributed by atoms with van der Waals surface area (Å²) >= 11 is 0. The molecular formula is C22H25BrN3O8PS. The molecule has 0 aliphatic carbocycles. The highest BCUT2D eigenvalue weighted by Crippen LogP contribution is 2.38. The van der Waals surface area contributed by atoms with Crippen LogP contribution in [-0.2, 0) is 20.6 Å². The molecule has 14 heteroatoms. The standard InChI is InChI=1S/C22H24N3O8PS.BrH/c1-14(2)32-18-8-15(22(26)25-21-12-23-16(11-24-21)13-34(27,28)29)9-19(10-18)33-17-4-6-20(7-5-17)35(3,30)31;/h4-12,14H,13H2,1-3H3,(H,24,25,26)(H2,27,28,29);1H. The molecule has 0 saturated carbocycles. The summed E-state index contributed by atoms with van der Waals surface area (Å²) in [7, 11) is -7.64. The van der Waals surface area contributed by atoms with Crippen LogP contribution in [0.25, 0.3) is 0 Å². The Morgan fingerprint density at radius 3 is 2.19 bits per heavy atom. The van der Waals surface area contributed by atoms with Gasteiger partial charge in [-0.2, -0.15) is 0 Å². The molecule has 0 spiro atoms. The maximum Gasteiger partial charge on any atom is 0.331 e. The van der Waals surface area contributed by atoms with Crippen LogP contribution in [0.5, 0.6) is 17.2 Å². The van der Waals surface area contributed by atoms with Gasteiger partial charge in [-0.05, 0) is 50.2 Å². The van der Waals surface area contributed by atoms with Gasteiger partial charge in [0.1, 0.15) is 17.2 Å². The molecule has 0 bridgehead atoms. The number of carbonyl (C=O) groups is 1. The molecule has 3 aromatic rings. The molecule has 0 saturated heterocycles. The van der Waals surface area contributed by atoms with E-state index in [1.165, 1.54) is 48.8 Å². The van der Waals surface area contributed by atoms with Crippen LogP contribution in [0.4, 0.5) is 5.82 Å². The number of carbonyl (C=O) groups excluding carboxylic acids is 1. The number of hydrogen-bond donors (Lipinski definition) is 3. The molecule has 3 rings (SSSR count). The maximum atomic E-state index is 12.8. The zero-order valence-electron chi connectivity index (χ0n) is 19.5. The third-order valence-electron chi connectivity index (χ3n) is 4.32. The second kappa shape index (κ2) is 11.9. The van der Waals surface area contributed by atoms with Crippen LogP contribution in [0.15, 0.2) is 59.8 Å². The summed E-state index contributed by atoms with van der Waals surface area (Å²) in [4.78, 5) is 38.9. The third-order valence-corrected chi connectivity index (χ3v) is 6.18. The summed E-state index contributed by atoms with van der Waals surface area (Å²) in [5, 5.41) is 2.56. The molecule has 1 aromatic heterocycles. The number of sulfone groups is 1. The summed E-state index contributed by atoms with van der Waals surface area (Å²) in [6.07, 6.45) is 2.73. The van der Waals surface area contributed by atoms with Gasteiger partial charge in [0.05, 0.1) is 35.2 Å². The number of aromatic nitrogens is 2. The Balaban J connectivity index is 0.00000456. The number of nitrogens with one attached hydrogen (secondary N) is 1. The summed E-state index contributed by atoms with van der Waals surface area (Å²) in [6.45, 7) is 3.65. The Morgan fingerprint density at radius 1 is 1.03 bits per heavy atom. The molecule has 36 heavy (non-hydrogen) atoms. The molecule has 11 nitrogen and oxygen atoms in total. The molecule has 0 radical (unpaired) electrons. The van der Waals surface area contributed by atoms with Crippen molar-refractivity contribution in [1.82, 2.24) is 9.97 Å². The summed E-state index contributed by atoms with van der Waals surface area (Å²) in [5.74, 6) is 0.547. The maximum absolute atomic E-state index is 12.8. The molecular weight excluding hydrogens is 577 g/mol. The highest BCUT2D eigenvalue weighted by Gasteiger charge is 2.17. The van der Waals surface area contributed by atoms with Gasteiger partial charge in [0, 0.05) is 17.9 Å². The molecule has 0 unspecified atom stereocenters. The van der Waals surface area contributed by atoms with Gasteiger partial charge in [0.15, 0.2) is 15.7 Å². The van der Waals surface area contributed by atoms with E-state index in [1.807, 2.05) is 13.8 Å². The topological polar surface area (TPSA) is 165 Å². The molecule has 1 heterocycles. The lowest BCUT2D eigenvalue weighted by atomic mass is 10.2. The van der Waals surface area contributed by atoms with Gasteiger partial charge >= 0.3 is 7.60 Å². The average molecular weight is 602 g/mol. The Morgan fingerprint density at radius 2 is 1.67 bits per heavy atom. The van der Waals surface area contributed by atoms with Crippen molar-refractivity contribution >= 4 is 46.1 Å². The average Bonchev–Trinajstić information content (AvgIpc) is 2.73. The molecule has 0 aliphatic rings. The number of benzene rings is 2. The van der Waals surface area contributed by atoms with Crippen molar-refractivity contribution in [3.05, 3.63) is 66.1 Å². The van der Waals surface area contributed by atoms with Crippen molar-refractivity contribution in [2.75, 3.05) is 11.6 Å². The quantitative estimate of drug-likeness (QED) is 0.305. The van der Waals surface area contributed by atoms with Gasteiger partial charge in [-0.1, -0.05) is 0 Å². The Labute approximate surface area is 218 Å². The summed E-state index contributed by atoms with van der Waals surface area (Å²) < 4.78 is 45.9. The van der Waals surface area contributed by atoms with Gasteiger partial charge in [-0.3, -0.25) is 14.3 Å². The SMILES string of the molecule is Br.CC(C)Oc1cc(Oc2ccc(S(C)(=O)=O)cc2)cc(C(=O)Nc2cnc(CP(=O)(O)O)cn2)c1. The van der Waals surface area contributed by atoms with Gasteiger partial charge in [0.25, 0.3) is 5.91 Å². The van der Waals surface area contributed by atoms with Gasteiger partial charge in [0.2, 0.25) is 0 Å². The predicted molar refractivity (Wildman–Crippen MR) is 138 cm³/mol. The van der Waals surface area contributed by atoms with Crippen LogP contribution in [-0.4, -0.2) is 46.4 Å². The van der Waals surface area contributed by atoms with Crippen LogP contribution >= 0.6 is 24.6 Å².